The highest BCUT2D eigenvalue weighted by Gasteiger charge is 2.21. The topological polar surface area (TPSA) is 58.2 Å². The molecule has 1 unspecified atom stereocenters. The van der Waals surface area contributed by atoms with E-state index in [1.54, 1.807) is 36.0 Å². The number of thioether (sulfide) groups is 1. The molecule has 0 aliphatic carbocycles. The molecule has 1 aromatic rings. The summed E-state index contributed by atoms with van der Waals surface area (Å²) in [6, 6.07) is 6.31. The molecule has 0 bridgehead atoms. The highest BCUT2D eigenvalue weighted by atomic mass is 35.5. The van der Waals surface area contributed by atoms with Crippen molar-refractivity contribution in [3.63, 3.8) is 0 Å². The van der Waals surface area contributed by atoms with Gasteiger partial charge in [0.25, 0.3) is 5.91 Å². The lowest BCUT2D eigenvalue weighted by Gasteiger charge is -2.18. The molecule has 23 heavy (non-hydrogen) atoms. The molecule has 0 heterocycles. The second-order valence-electron chi connectivity index (χ2n) is 5.29. The molecule has 2 amide bonds. The Bertz CT molecular complexity index is 511. The molecule has 0 aliphatic rings. The van der Waals surface area contributed by atoms with Gasteiger partial charge in [0.05, 0.1) is 10.6 Å². The van der Waals surface area contributed by atoms with Gasteiger partial charge < -0.3 is 10.6 Å². The summed E-state index contributed by atoms with van der Waals surface area (Å²) >= 11 is 7.69. The summed E-state index contributed by atoms with van der Waals surface area (Å²) in [6.07, 6.45) is 5.72. The average molecular weight is 357 g/mol. The Kier molecular flexibility index (Phi) is 9.80. The molecule has 0 aromatic heterocycles. The lowest BCUT2D eigenvalue weighted by molar-refractivity contribution is -0.123. The number of nitrogens with one attached hydrogen (secondary N) is 2. The zero-order valence-corrected chi connectivity index (χ0v) is 15.3. The van der Waals surface area contributed by atoms with E-state index in [0.29, 0.717) is 23.6 Å². The van der Waals surface area contributed by atoms with Crippen LogP contribution in [0.1, 0.15) is 43.0 Å². The van der Waals surface area contributed by atoms with Gasteiger partial charge in [0, 0.05) is 6.54 Å². The second kappa shape index (κ2) is 11.4. The Labute approximate surface area is 147 Å². The summed E-state index contributed by atoms with van der Waals surface area (Å²) in [4.78, 5) is 24.6. The van der Waals surface area contributed by atoms with Crippen LogP contribution in [0.25, 0.3) is 0 Å². The van der Waals surface area contributed by atoms with E-state index >= 15 is 0 Å². The van der Waals surface area contributed by atoms with Crippen molar-refractivity contribution in [2.75, 3.05) is 18.6 Å². The first kappa shape index (κ1) is 19.8. The number of hydrogen-bond acceptors (Lipinski definition) is 3. The number of unbranched alkanes of at least 4 members (excludes halogenated alkanes) is 2. The van der Waals surface area contributed by atoms with Crippen LogP contribution in [0, 0.1) is 0 Å². The van der Waals surface area contributed by atoms with E-state index in [2.05, 4.69) is 17.6 Å². The predicted octanol–water partition coefficient (Wildman–Crippen LogP) is 3.50. The quantitative estimate of drug-likeness (QED) is 0.631. The van der Waals surface area contributed by atoms with Crippen LogP contribution in [-0.2, 0) is 4.79 Å². The van der Waals surface area contributed by atoms with Crippen molar-refractivity contribution in [3.8, 4) is 0 Å². The number of hydrogen-bond donors (Lipinski definition) is 2. The Hall–Kier alpha value is -1.20. The van der Waals surface area contributed by atoms with Crippen molar-refractivity contribution in [1.82, 2.24) is 10.6 Å². The lowest BCUT2D eigenvalue weighted by Crippen LogP contribution is -2.47. The monoisotopic (exact) mass is 356 g/mol. The fraction of sp³-hybridized carbons (Fsp3) is 0.529. The maximum atomic E-state index is 12.3. The van der Waals surface area contributed by atoms with Gasteiger partial charge in [-0.15, -0.1) is 0 Å². The third-order valence-electron chi connectivity index (χ3n) is 3.43. The third-order valence-corrected chi connectivity index (χ3v) is 4.40. The van der Waals surface area contributed by atoms with E-state index in [0.717, 1.165) is 25.0 Å². The Morgan fingerprint density at radius 3 is 2.65 bits per heavy atom. The first-order valence-corrected chi connectivity index (χ1v) is 9.69. The standard InChI is InChI=1S/C17H25ClN2O2S/c1-3-4-7-11-19-17(22)15(10-12-23-2)20-16(21)13-8-5-6-9-14(13)18/h5-6,8-9,15H,3-4,7,10-12H2,1-2H3,(H,19,22)(H,20,21). The fourth-order valence-electron chi connectivity index (χ4n) is 2.10. The fourth-order valence-corrected chi connectivity index (χ4v) is 2.79. The van der Waals surface area contributed by atoms with E-state index < -0.39 is 6.04 Å². The Balaban J connectivity index is 2.64. The maximum Gasteiger partial charge on any atom is 0.253 e. The minimum absolute atomic E-state index is 0.129. The van der Waals surface area contributed by atoms with Crippen molar-refractivity contribution in [2.24, 2.45) is 0 Å². The molecular formula is C17H25ClN2O2S. The van der Waals surface area contributed by atoms with Gasteiger partial charge in [0.1, 0.15) is 6.04 Å². The third kappa shape index (κ3) is 7.27. The smallest absolute Gasteiger partial charge is 0.253 e. The van der Waals surface area contributed by atoms with Gasteiger partial charge in [-0.05, 0) is 37.0 Å². The molecule has 1 atom stereocenters. The summed E-state index contributed by atoms with van der Waals surface area (Å²) in [7, 11) is 0. The molecule has 6 heteroatoms. The van der Waals surface area contributed by atoms with Gasteiger partial charge >= 0.3 is 0 Å². The van der Waals surface area contributed by atoms with Crippen LogP contribution in [0.2, 0.25) is 5.02 Å². The lowest BCUT2D eigenvalue weighted by atomic mass is 10.1. The first-order chi connectivity index (χ1) is 11.1. The van der Waals surface area contributed by atoms with Gasteiger partial charge in [-0.25, -0.2) is 0 Å². The van der Waals surface area contributed by atoms with Crippen LogP contribution >= 0.6 is 23.4 Å². The highest BCUT2D eigenvalue weighted by Crippen LogP contribution is 2.15. The van der Waals surface area contributed by atoms with Crippen LogP contribution in [0.15, 0.2) is 24.3 Å². The van der Waals surface area contributed by atoms with Crippen LogP contribution in [0.3, 0.4) is 0 Å². The largest absolute Gasteiger partial charge is 0.354 e. The summed E-state index contributed by atoms with van der Waals surface area (Å²) in [5.41, 5.74) is 0.391. The van der Waals surface area contributed by atoms with E-state index in [9.17, 15) is 9.59 Å². The second-order valence-corrected chi connectivity index (χ2v) is 6.68. The Morgan fingerprint density at radius 1 is 1.26 bits per heavy atom. The van der Waals surface area contributed by atoms with Crippen molar-refractivity contribution >= 4 is 35.2 Å². The number of rotatable bonds is 10. The number of carbonyl (C=O) groups is 2. The molecule has 128 valence electrons. The molecule has 1 aromatic carbocycles. The number of benzene rings is 1. The zero-order chi connectivity index (χ0) is 17.1. The molecule has 0 aliphatic heterocycles. The molecular weight excluding hydrogens is 332 g/mol. The number of halogens is 1. The molecule has 0 spiro atoms. The molecule has 2 N–H and O–H groups in total. The van der Waals surface area contributed by atoms with E-state index in [4.69, 9.17) is 11.6 Å². The summed E-state index contributed by atoms with van der Waals surface area (Å²) < 4.78 is 0. The summed E-state index contributed by atoms with van der Waals surface area (Å²) in [6.45, 7) is 2.76. The van der Waals surface area contributed by atoms with E-state index in [1.807, 2.05) is 6.26 Å². The normalized spacial score (nSPS) is 11.8. The zero-order valence-electron chi connectivity index (χ0n) is 13.7. The molecule has 0 saturated heterocycles. The molecule has 0 fully saturated rings. The van der Waals surface area contributed by atoms with Gasteiger partial charge in [-0.2, -0.15) is 11.8 Å². The number of amides is 2. The van der Waals surface area contributed by atoms with Crippen LogP contribution in [0.4, 0.5) is 0 Å². The molecule has 0 saturated carbocycles. The van der Waals surface area contributed by atoms with Gasteiger partial charge in [0.15, 0.2) is 0 Å². The van der Waals surface area contributed by atoms with E-state index in [1.165, 1.54) is 0 Å². The SMILES string of the molecule is CCCCCNC(=O)C(CCSC)NC(=O)c1ccccc1Cl. The van der Waals surface area contributed by atoms with Crippen molar-refractivity contribution < 1.29 is 9.59 Å². The van der Waals surface area contributed by atoms with Gasteiger partial charge in [-0.1, -0.05) is 43.5 Å². The van der Waals surface area contributed by atoms with Crippen molar-refractivity contribution in [1.29, 1.82) is 0 Å². The van der Waals surface area contributed by atoms with Crippen molar-refractivity contribution in [2.45, 2.75) is 38.6 Å². The van der Waals surface area contributed by atoms with Gasteiger partial charge in [-0.3, -0.25) is 9.59 Å². The predicted molar refractivity (Wildman–Crippen MR) is 98.2 cm³/mol. The minimum atomic E-state index is -0.534. The average Bonchev–Trinajstić information content (AvgIpc) is 2.55. The summed E-state index contributed by atoms with van der Waals surface area (Å²) in [5, 5.41) is 6.09. The minimum Gasteiger partial charge on any atom is -0.354 e. The van der Waals surface area contributed by atoms with Gasteiger partial charge in [0.2, 0.25) is 5.91 Å². The van der Waals surface area contributed by atoms with Crippen LogP contribution in [-0.4, -0.2) is 36.4 Å². The molecule has 1 rings (SSSR count). The summed E-state index contributed by atoms with van der Waals surface area (Å²) in [5.74, 6) is 0.358. The van der Waals surface area contributed by atoms with Crippen LogP contribution < -0.4 is 10.6 Å². The molecule has 0 radical (unpaired) electrons. The number of carbonyl (C=O) groups excluding carboxylic acids is 2. The maximum absolute atomic E-state index is 12.3. The Morgan fingerprint density at radius 2 is 2.00 bits per heavy atom. The van der Waals surface area contributed by atoms with E-state index in [-0.39, 0.29) is 11.8 Å². The molecule has 4 nitrogen and oxygen atoms in total. The first-order valence-electron chi connectivity index (χ1n) is 7.92. The highest BCUT2D eigenvalue weighted by molar-refractivity contribution is 7.98. The van der Waals surface area contributed by atoms with Crippen LogP contribution in [0.5, 0.6) is 0 Å². The van der Waals surface area contributed by atoms with Crippen molar-refractivity contribution in [3.05, 3.63) is 34.9 Å².